The molecule has 0 saturated heterocycles. The Bertz CT molecular complexity index is 533. The zero-order valence-corrected chi connectivity index (χ0v) is 12.5. The molecule has 100 valence electrons. The molecule has 0 amide bonds. The number of hydrogen-bond donors (Lipinski definition) is 1. The van der Waals surface area contributed by atoms with Gasteiger partial charge in [0.2, 0.25) is 0 Å². The molecule has 1 atom stereocenters. The van der Waals surface area contributed by atoms with Crippen LogP contribution in [0.25, 0.3) is 0 Å². The summed E-state index contributed by atoms with van der Waals surface area (Å²) in [5.41, 5.74) is 3.04. The molecule has 2 heteroatoms. The fraction of sp³-hybridized carbons (Fsp3) is 0.412. The number of rotatable bonds is 4. The van der Waals surface area contributed by atoms with Crippen LogP contribution in [0.3, 0.4) is 0 Å². The summed E-state index contributed by atoms with van der Waals surface area (Å²) in [5, 5.41) is 3.79. The van der Waals surface area contributed by atoms with Gasteiger partial charge in [-0.3, -0.25) is 0 Å². The lowest BCUT2D eigenvalue weighted by atomic mass is 10.1. The summed E-state index contributed by atoms with van der Waals surface area (Å²) in [7, 11) is 0. The molecule has 1 aliphatic carbocycles. The first-order valence-corrected chi connectivity index (χ1v) is 7.99. The molecular weight excluding hydrogens is 250 g/mol. The van der Waals surface area contributed by atoms with Gasteiger partial charge in [0.25, 0.3) is 0 Å². The van der Waals surface area contributed by atoms with Crippen molar-refractivity contribution < 1.29 is 0 Å². The number of fused-ring (bicyclic) bond motifs is 1. The molecule has 1 aromatic carbocycles. The molecular formula is C17H21NS. The fourth-order valence-corrected chi connectivity index (χ4v) is 3.89. The van der Waals surface area contributed by atoms with E-state index in [-0.39, 0.29) is 0 Å². The van der Waals surface area contributed by atoms with Crippen molar-refractivity contribution in [2.24, 2.45) is 0 Å². The normalized spacial score (nSPS) is 16.5. The summed E-state index contributed by atoms with van der Waals surface area (Å²) in [6, 6.07) is 14.4. The standard InChI is InChI=1S/C17H21NS/c1-3-16-8-9-17(19-16)12(2)18-15-10-13-6-4-5-7-14(13)11-15/h4-9,12,15,18H,3,10-11H2,1-2H3. The maximum absolute atomic E-state index is 3.79. The molecule has 0 saturated carbocycles. The smallest absolute Gasteiger partial charge is 0.0388 e. The zero-order valence-electron chi connectivity index (χ0n) is 11.6. The van der Waals surface area contributed by atoms with E-state index in [1.54, 1.807) is 0 Å². The fourth-order valence-electron chi connectivity index (χ4n) is 2.93. The minimum Gasteiger partial charge on any atom is -0.306 e. The molecule has 1 aliphatic rings. The van der Waals surface area contributed by atoms with Gasteiger partial charge in [0, 0.05) is 21.8 Å². The van der Waals surface area contributed by atoms with E-state index >= 15 is 0 Å². The maximum Gasteiger partial charge on any atom is 0.0388 e. The van der Waals surface area contributed by atoms with E-state index in [9.17, 15) is 0 Å². The second-order valence-electron chi connectivity index (χ2n) is 5.42. The Morgan fingerprint density at radius 1 is 1.16 bits per heavy atom. The van der Waals surface area contributed by atoms with Crippen LogP contribution in [0.4, 0.5) is 0 Å². The van der Waals surface area contributed by atoms with Gasteiger partial charge in [-0.2, -0.15) is 0 Å². The van der Waals surface area contributed by atoms with Crippen molar-refractivity contribution in [3.63, 3.8) is 0 Å². The molecule has 3 rings (SSSR count). The van der Waals surface area contributed by atoms with Gasteiger partial charge < -0.3 is 5.32 Å². The average molecular weight is 271 g/mol. The van der Waals surface area contributed by atoms with Crippen molar-refractivity contribution in [3.05, 3.63) is 57.3 Å². The summed E-state index contributed by atoms with van der Waals surface area (Å²) in [4.78, 5) is 2.95. The summed E-state index contributed by atoms with van der Waals surface area (Å²) < 4.78 is 0. The van der Waals surface area contributed by atoms with Crippen LogP contribution >= 0.6 is 11.3 Å². The highest BCUT2D eigenvalue weighted by Crippen LogP contribution is 2.27. The van der Waals surface area contributed by atoms with Crippen LogP contribution in [0.15, 0.2) is 36.4 Å². The third-order valence-corrected chi connectivity index (χ3v) is 5.41. The third kappa shape index (κ3) is 2.75. The molecule has 0 bridgehead atoms. The summed E-state index contributed by atoms with van der Waals surface area (Å²) in [5.74, 6) is 0. The average Bonchev–Trinajstić information content (AvgIpc) is 3.04. The second kappa shape index (κ2) is 5.48. The van der Waals surface area contributed by atoms with Crippen molar-refractivity contribution >= 4 is 11.3 Å². The van der Waals surface area contributed by atoms with Crippen LogP contribution in [0.2, 0.25) is 0 Å². The highest BCUT2D eigenvalue weighted by atomic mass is 32.1. The maximum atomic E-state index is 3.79. The highest BCUT2D eigenvalue weighted by molar-refractivity contribution is 7.12. The Hall–Kier alpha value is -1.12. The van der Waals surface area contributed by atoms with Gasteiger partial charge in [0.15, 0.2) is 0 Å². The Kier molecular flexibility index (Phi) is 3.72. The Balaban J connectivity index is 1.64. The van der Waals surface area contributed by atoms with Crippen molar-refractivity contribution in [1.82, 2.24) is 5.32 Å². The lowest BCUT2D eigenvalue weighted by molar-refractivity contribution is 0.472. The van der Waals surface area contributed by atoms with Crippen molar-refractivity contribution in [2.75, 3.05) is 0 Å². The molecule has 1 N–H and O–H groups in total. The van der Waals surface area contributed by atoms with Gasteiger partial charge >= 0.3 is 0 Å². The van der Waals surface area contributed by atoms with Crippen molar-refractivity contribution in [1.29, 1.82) is 0 Å². The predicted octanol–water partition coefficient (Wildman–Crippen LogP) is 4.13. The van der Waals surface area contributed by atoms with Gasteiger partial charge in [0.1, 0.15) is 0 Å². The van der Waals surface area contributed by atoms with Crippen LogP contribution < -0.4 is 5.32 Å². The Morgan fingerprint density at radius 2 is 1.84 bits per heavy atom. The van der Waals surface area contributed by atoms with Gasteiger partial charge in [-0.05, 0) is 49.4 Å². The lowest BCUT2D eigenvalue weighted by Gasteiger charge is -2.18. The summed E-state index contributed by atoms with van der Waals surface area (Å²) in [6.45, 7) is 4.51. The van der Waals surface area contributed by atoms with E-state index < -0.39 is 0 Å². The van der Waals surface area contributed by atoms with Crippen molar-refractivity contribution in [3.8, 4) is 0 Å². The van der Waals surface area contributed by atoms with Crippen molar-refractivity contribution in [2.45, 2.75) is 45.2 Å². The highest BCUT2D eigenvalue weighted by Gasteiger charge is 2.22. The minimum absolute atomic E-state index is 0.463. The van der Waals surface area contributed by atoms with Gasteiger partial charge in [-0.15, -0.1) is 11.3 Å². The minimum atomic E-state index is 0.463. The number of hydrogen-bond acceptors (Lipinski definition) is 2. The monoisotopic (exact) mass is 271 g/mol. The molecule has 1 unspecified atom stereocenters. The molecule has 0 spiro atoms. The first kappa shape index (κ1) is 12.9. The predicted molar refractivity (Wildman–Crippen MR) is 82.9 cm³/mol. The van der Waals surface area contributed by atoms with Crippen LogP contribution in [0, 0.1) is 0 Å². The molecule has 1 heterocycles. The SMILES string of the molecule is CCc1ccc(C(C)NC2Cc3ccccc3C2)s1. The summed E-state index contributed by atoms with van der Waals surface area (Å²) >= 11 is 1.95. The van der Waals surface area contributed by atoms with Crippen LogP contribution in [0.1, 0.15) is 40.8 Å². The quantitative estimate of drug-likeness (QED) is 0.881. The van der Waals surface area contributed by atoms with E-state index in [2.05, 4.69) is 55.6 Å². The molecule has 0 fully saturated rings. The largest absolute Gasteiger partial charge is 0.306 e. The molecule has 0 aliphatic heterocycles. The van der Waals surface area contributed by atoms with Crippen LogP contribution in [-0.4, -0.2) is 6.04 Å². The Labute approximate surface area is 119 Å². The first-order valence-electron chi connectivity index (χ1n) is 7.17. The first-order chi connectivity index (χ1) is 9.26. The lowest BCUT2D eigenvalue weighted by Crippen LogP contribution is -2.31. The molecule has 19 heavy (non-hydrogen) atoms. The number of aryl methyl sites for hydroxylation is 1. The number of nitrogens with one attached hydrogen (secondary N) is 1. The zero-order chi connectivity index (χ0) is 13.2. The van der Waals surface area contributed by atoms with Gasteiger partial charge in [-0.25, -0.2) is 0 Å². The number of thiophene rings is 1. The van der Waals surface area contributed by atoms with Gasteiger partial charge in [0.05, 0.1) is 0 Å². The molecule has 0 radical (unpaired) electrons. The molecule has 1 nitrogen and oxygen atoms in total. The summed E-state index contributed by atoms with van der Waals surface area (Å²) in [6.07, 6.45) is 3.49. The molecule has 1 aromatic heterocycles. The topological polar surface area (TPSA) is 12.0 Å². The van der Waals surface area contributed by atoms with E-state index in [1.807, 2.05) is 11.3 Å². The molecule has 2 aromatic rings. The van der Waals surface area contributed by atoms with E-state index in [4.69, 9.17) is 0 Å². The Morgan fingerprint density at radius 3 is 2.42 bits per heavy atom. The second-order valence-corrected chi connectivity index (χ2v) is 6.62. The number of benzene rings is 1. The van der Waals surface area contributed by atoms with E-state index in [0.717, 1.165) is 6.42 Å². The van der Waals surface area contributed by atoms with Crippen LogP contribution in [0.5, 0.6) is 0 Å². The van der Waals surface area contributed by atoms with Crippen LogP contribution in [-0.2, 0) is 19.3 Å². The third-order valence-electron chi connectivity index (χ3n) is 3.99. The van der Waals surface area contributed by atoms with E-state index in [1.165, 1.54) is 33.7 Å². The van der Waals surface area contributed by atoms with Gasteiger partial charge in [-0.1, -0.05) is 31.2 Å². The van der Waals surface area contributed by atoms with E-state index in [0.29, 0.717) is 12.1 Å².